The molecule has 0 bridgehead atoms. The molecule has 18 heavy (non-hydrogen) atoms. The summed E-state index contributed by atoms with van der Waals surface area (Å²) >= 11 is 0. The van der Waals surface area contributed by atoms with Crippen molar-refractivity contribution in [1.82, 2.24) is 9.78 Å². The number of Topliss-reactive ketones (excluding diaryl/α,β-unsaturated/α-hetero) is 1. The standard InChI is InChI=1S/C12H13N3O3/c1-7(16)8-2-3-11-9(4-8)10(5-13)14-15(11)6-12(17)18/h2-4H,5-6,13H2,1H3,(H,17,18). The highest BCUT2D eigenvalue weighted by molar-refractivity contribution is 5.98. The molecule has 0 atom stereocenters. The number of carbonyl (C=O) groups is 2. The van der Waals surface area contributed by atoms with Crippen molar-refractivity contribution in [2.45, 2.75) is 20.0 Å². The van der Waals surface area contributed by atoms with Crippen LogP contribution in [0.5, 0.6) is 0 Å². The number of hydrogen-bond acceptors (Lipinski definition) is 4. The number of nitrogens with two attached hydrogens (primary N) is 1. The van der Waals surface area contributed by atoms with Crippen LogP contribution in [0.1, 0.15) is 23.0 Å². The van der Waals surface area contributed by atoms with E-state index in [2.05, 4.69) is 5.10 Å². The Balaban J connectivity index is 2.63. The van der Waals surface area contributed by atoms with E-state index < -0.39 is 5.97 Å². The number of rotatable bonds is 4. The number of aromatic nitrogens is 2. The Morgan fingerprint density at radius 3 is 2.72 bits per heavy atom. The number of fused-ring (bicyclic) bond motifs is 1. The van der Waals surface area contributed by atoms with Crippen LogP contribution in [0.25, 0.3) is 10.9 Å². The Kier molecular flexibility index (Phi) is 3.12. The lowest BCUT2D eigenvalue weighted by molar-refractivity contribution is -0.137. The van der Waals surface area contributed by atoms with Gasteiger partial charge < -0.3 is 10.8 Å². The van der Waals surface area contributed by atoms with Crippen molar-refractivity contribution in [2.75, 3.05) is 0 Å². The monoisotopic (exact) mass is 247 g/mol. The van der Waals surface area contributed by atoms with E-state index in [9.17, 15) is 9.59 Å². The maximum atomic E-state index is 11.3. The molecule has 0 aliphatic heterocycles. The van der Waals surface area contributed by atoms with Gasteiger partial charge in [-0.15, -0.1) is 0 Å². The first-order chi connectivity index (χ1) is 8.52. The minimum atomic E-state index is -0.974. The molecule has 0 radical (unpaired) electrons. The first-order valence-corrected chi connectivity index (χ1v) is 5.45. The summed E-state index contributed by atoms with van der Waals surface area (Å²) in [6, 6.07) is 5.05. The Hall–Kier alpha value is -2.21. The molecule has 94 valence electrons. The second-order valence-electron chi connectivity index (χ2n) is 3.99. The van der Waals surface area contributed by atoms with Crippen molar-refractivity contribution < 1.29 is 14.7 Å². The molecule has 0 spiro atoms. The summed E-state index contributed by atoms with van der Waals surface area (Å²) in [6.07, 6.45) is 0. The van der Waals surface area contributed by atoms with Gasteiger partial charge in [0.05, 0.1) is 11.2 Å². The van der Waals surface area contributed by atoms with Crippen molar-refractivity contribution in [3.05, 3.63) is 29.5 Å². The summed E-state index contributed by atoms with van der Waals surface area (Å²) in [7, 11) is 0. The van der Waals surface area contributed by atoms with Crippen LogP contribution in [0.2, 0.25) is 0 Å². The molecule has 0 saturated heterocycles. The number of nitrogens with zero attached hydrogens (tertiary/aromatic N) is 2. The third kappa shape index (κ3) is 2.10. The molecule has 1 heterocycles. The average molecular weight is 247 g/mol. The van der Waals surface area contributed by atoms with Crippen molar-refractivity contribution in [2.24, 2.45) is 5.73 Å². The van der Waals surface area contributed by atoms with Crippen molar-refractivity contribution in [3.8, 4) is 0 Å². The van der Waals surface area contributed by atoms with E-state index in [1.165, 1.54) is 11.6 Å². The zero-order chi connectivity index (χ0) is 13.3. The molecule has 0 saturated carbocycles. The van der Waals surface area contributed by atoms with Crippen molar-refractivity contribution in [3.63, 3.8) is 0 Å². The van der Waals surface area contributed by atoms with E-state index in [1.807, 2.05) is 0 Å². The lowest BCUT2D eigenvalue weighted by Crippen LogP contribution is -2.10. The molecular weight excluding hydrogens is 234 g/mol. The van der Waals surface area contributed by atoms with E-state index in [0.29, 0.717) is 16.8 Å². The molecular formula is C12H13N3O3. The lowest BCUT2D eigenvalue weighted by atomic mass is 10.1. The highest BCUT2D eigenvalue weighted by atomic mass is 16.4. The normalized spacial score (nSPS) is 10.8. The van der Waals surface area contributed by atoms with Gasteiger partial charge in [0.25, 0.3) is 0 Å². The maximum Gasteiger partial charge on any atom is 0.325 e. The van der Waals surface area contributed by atoms with E-state index >= 15 is 0 Å². The van der Waals surface area contributed by atoms with Crippen LogP contribution >= 0.6 is 0 Å². The minimum absolute atomic E-state index is 0.0501. The predicted molar refractivity (Wildman–Crippen MR) is 65.3 cm³/mol. The molecule has 3 N–H and O–H groups in total. The van der Waals surface area contributed by atoms with Gasteiger partial charge in [-0.1, -0.05) is 0 Å². The van der Waals surface area contributed by atoms with Crippen LogP contribution < -0.4 is 5.73 Å². The van der Waals surface area contributed by atoms with Gasteiger partial charge in [-0.05, 0) is 25.1 Å². The van der Waals surface area contributed by atoms with Gasteiger partial charge in [-0.2, -0.15) is 5.10 Å². The molecule has 0 amide bonds. The fourth-order valence-electron chi connectivity index (χ4n) is 1.86. The van der Waals surface area contributed by atoms with Gasteiger partial charge in [0.2, 0.25) is 0 Å². The number of aliphatic carboxylic acids is 1. The van der Waals surface area contributed by atoms with Crippen LogP contribution in [0.15, 0.2) is 18.2 Å². The highest BCUT2D eigenvalue weighted by Crippen LogP contribution is 2.20. The summed E-state index contributed by atoms with van der Waals surface area (Å²) in [5.41, 5.74) is 7.40. The second-order valence-corrected chi connectivity index (χ2v) is 3.99. The average Bonchev–Trinajstić information content (AvgIpc) is 2.66. The molecule has 1 aromatic heterocycles. The SMILES string of the molecule is CC(=O)c1ccc2c(c1)c(CN)nn2CC(=O)O. The van der Waals surface area contributed by atoms with Gasteiger partial charge in [-0.3, -0.25) is 14.3 Å². The van der Waals surface area contributed by atoms with Crippen LogP contribution in [-0.4, -0.2) is 26.6 Å². The maximum absolute atomic E-state index is 11.3. The van der Waals surface area contributed by atoms with Crippen LogP contribution in [0, 0.1) is 0 Å². The number of carboxylic acid groups (broad SMARTS) is 1. The summed E-state index contributed by atoms with van der Waals surface area (Å²) in [6.45, 7) is 1.45. The molecule has 2 rings (SSSR count). The van der Waals surface area contributed by atoms with Gasteiger partial charge in [0.15, 0.2) is 5.78 Å². The van der Waals surface area contributed by atoms with Crippen LogP contribution in [0.4, 0.5) is 0 Å². The summed E-state index contributed by atoms with van der Waals surface area (Å²) in [4.78, 5) is 22.1. The fraction of sp³-hybridized carbons (Fsp3) is 0.250. The number of ketones is 1. The molecule has 0 aliphatic rings. The predicted octanol–water partition coefficient (Wildman–Crippen LogP) is 0.782. The summed E-state index contributed by atoms with van der Waals surface area (Å²) in [5, 5.41) is 13.7. The Bertz CT molecular complexity index is 631. The summed E-state index contributed by atoms with van der Waals surface area (Å²) < 4.78 is 1.38. The van der Waals surface area contributed by atoms with Crippen molar-refractivity contribution in [1.29, 1.82) is 0 Å². The Morgan fingerprint density at radius 1 is 1.44 bits per heavy atom. The van der Waals surface area contributed by atoms with E-state index in [1.54, 1.807) is 18.2 Å². The smallest absolute Gasteiger partial charge is 0.325 e. The highest BCUT2D eigenvalue weighted by Gasteiger charge is 2.13. The van der Waals surface area contributed by atoms with Gasteiger partial charge >= 0.3 is 5.97 Å². The third-order valence-corrected chi connectivity index (χ3v) is 2.71. The minimum Gasteiger partial charge on any atom is -0.480 e. The Labute approximate surface area is 103 Å². The molecule has 0 unspecified atom stereocenters. The fourth-order valence-corrected chi connectivity index (χ4v) is 1.86. The van der Waals surface area contributed by atoms with Crippen molar-refractivity contribution >= 4 is 22.7 Å². The molecule has 6 nitrogen and oxygen atoms in total. The second kappa shape index (κ2) is 4.58. The molecule has 1 aromatic carbocycles. The first kappa shape index (κ1) is 12.3. The zero-order valence-electron chi connectivity index (χ0n) is 9.88. The topological polar surface area (TPSA) is 98.2 Å². The molecule has 0 aliphatic carbocycles. The molecule has 2 aromatic rings. The zero-order valence-corrected chi connectivity index (χ0v) is 9.88. The molecule has 0 fully saturated rings. The number of carboxylic acids is 1. The Morgan fingerprint density at radius 2 is 2.17 bits per heavy atom. The van der Waals surface area contributed by atoms with Crippen LogP contribution in [-0.2, 0) is 17.9 Å². The number of hydrogen-bond donors (Lipinski definition) is 2. The van der Waals surface area contributed by atoms with Gasteiger partial charge in [0.1, 0.15) is 6.54 Å². The largest absolute Gasteiger partial charge is 0.480 e. The molecule has 6 heteroatoms. The number of benzene rings is 1. The summed E-state index contributed by atoms with van der Waals surface area (Å²) in [5.74, 6) is -1.02. The van der Waals surface area contributed by atoms with Gasteiger partial charge in [0, 0.05) is 17.5 Å². The lowest BCUT2D eigenvalue weighted by Gasteiger charge is -2.00. The van der Waals surface area contributed by atoms with E-state index in [0.717, 1.165) is 5.39 Å². The van der Waals surface area contributed by atoms with E-state index in [4.69, 9.17) is 10.8 Å². The van der Waals surface area contributed by atoms with E-state index in [-0.39, 0.29) is 18.9 Å². The first-order valence-electron chi connectivity index (χ1n) is 5.45. The third-order valence-electron chi connectivity index (χ3n) is 2.71. The number of carbonyl (C=O) groups excluding carboxylic acids is 1. The van der Waals surface area contributed by atoms with Gasteiger partial charge in [-0.25, -0.2) is 0 Å². The quantitative estimate of drug-likeness (QED) is 0.778. The van der Waals surface area contributed by atoms with Crippen LogP contribution in [0.3, 0.4) is 0 Å².